The molecule has 0 saturated heterocycles. The van der Waals surface area contributed by atoms with E-state index in [0.717, 1.165) is 5.56 Å². The van der Waals surface area contributed by atoms with E-state index >= 15 is 0 Å². The number of hydrogen-bond acceptors (Lipinski definition) is 6. The van der Waals surface area contributed by atoms with Crippen molar-refractivity contribution in [2.45, 2.75) is 53.5 Å². The van der Waals surface area contributed by atoms with Crippen LogP contribution in [0.3, 0.4) is 0 Å². The minimum atomic E-state index is -6.09. The van der Waals surface area contributed by atoms with Crippen molar-refractivity contribution >= 4 is 27.0 Å². The number of alkyl halides is 3. The first-order chi connectivity index (χ1) is 17.1. The van der Waals surface area contributed by atoms with Crippen LogP contribution in [0.1, 0.15) is 36.7 Å². The summed E-state index contributed by atoms with van der Waals surface area (Å²) in [5.74, 6) is -0.363. The Hall–Kier alpha value is -2.86. The fraction of sp³-hybridized carbons (Fsp3) is 0.269. The molecular weight excluding hydrogens is 529 g/mol. The van der Waals surface area contributed by atoms with E-state index < -0.39 is 15.6 Å². The monoisotopic (exact) mass is 556 g/mol. The lowest BCUT2D eigenvalue weighted by Gasteiger charge is -2.19. The van der Waals surface area contributed by atoms with Gasteiger partial charge in [-0.3, -0.25) is 0 Å². The third kappa shape index (κ3) is 9.51. The summed E-state index contributed by atoms with van der Waals surface area (Å²) < 4.78 is 69.7. The number of rotatable bonds is 6. The van der Waals surface area contributed by atoms with Gasteiger partial charge in [0.2, 0.25) is 0 Å². The first-order valence-corrected chi connectivity index (χ1v) is 13.5. The summed E-state index contributed by atoms with van der Waals surface area (Å²) in [6, 6.07) is 26.9. The molecule has 0 aliphatic heterocycles. The maximum absolute atomic E-state index is 12.5. The molecule has 11 heteroatoms. The van der Waals surface area contributed by atoms with Crippen molar-refractivity contribution < 1.29 is 40.4 Å². The highest BCUT2D eigenvalue weighted by molar-refractivity contribution is 7.97. The molecular formula is C26H27F3O6S2. The van der Waals surface area contributed by atoms with E-state index in [1.165, 1.54) is 14.7 Å². The Kier molecular flexibility index (Phi) is 10.3. The Bertz CT molecular complexity index is 1230. The third-order valence-corrected chi connectivity index (χ3v) is 7.36. The number of benzene rings is 3. The highest BCUT2D eigenvalue weighted by Gasteiger charge is 2.37. The predicted octanol–water partition coefficient (Wildman–Crippen LogP) is 6.07. The quantitative estimate of drug-likeness (QED) is 0.120. The van der Waals surface area contributed by atoms with Crippen molar-refractivity contribution in [2.75, 3.05) is 6.79 Å². The highest BCUT2D eigenvalue weighted by Crippen LogP contribution is 2.32. The van der Waals surface area contributed by atoms with Gasteiger partial charge in [0.25, 0.3) is 0 Å². The van der Waals surface area contributed by atoms with E-state index in [4.69, 9.17) is 22.4 Å². The van der Waals surface area contributed by atoms with Crippen LogP contribution in [0.4, 0.5) is 13.2 Å². The van der Waals surface area contributed by atoms with E-state index in [1.807, 2.05) is 52.0 Å². The Morgan fingerprint density at radius 3 is 1.70 bits per heavy atom. The normalized spacial score (nSPS) is 12.0. The van der Waals surface area contributed by atoms with Crippen LogP contribution >= 0.6 is 0 Å². The molecule has 200 valence electrons. The number of carbonyl (C=O) groups is 1. The number of halogens is 3. The van der Waals surface area contributed by atoms with Crippen molar-refractivity contribution in [1.82, 2.24) is 0 Å². The number of hydrogen-bond donors (Lipinski definition) is 0. The van der Waals surface area contributed by atoms with Gasteiger partial charge in [-0.25, -0.2) is 13.2 Å². The molecule has 0 heterocycles. The van der Waals surface area contributed by atoms with Gasteiger partial charge in [0.1, 0.15) is 0 Å². The standard InChI is InChI=1S/C25H27O3S.CHF3O3S/c1-19-17-22(15-16-23(19)24(26)27-18-28-25(2,3)4)29(20-11-7-5-8-12-20)21-13-9-6-10-14-21;2-1(3,4)8(5,6)7/h5-17H,18H2,1-4H3;(H,5,6,7)/q+1;/p-1. The molecule has 0 fully saturated rings. The summed E-state index contributed by atoms with van der Waals surface area (Å²) in [5, 5.41) is 0. The van der Waals surface area contributed by atoms with Gasteiger partial charge in [-0.05, 0) is 75.7 Å². The summed E-state index contributed by atoms with van der Waals surface area (Å²) in [6.07, 6.45) is 0. The molecule has 0 amide bonds. The van der Waals surface area contributed by atoms with Crippen LogP contribution in [-0.2, 0) is 30.5 Å². The van der Waals surface area contributed by atoms with E-state index in [2.05, 4.69) is 54.6 Å². The maximum Gasteiger partial charge on any atom is 0.485 e. The minimum Gasteiger partial charge on any atom is -0.741 e. The van der Waals surface area contributed by atoms with Crippen LogP contribution in [0.25, 0.3) is 0 Å². The van der Waals surface area contributed by atoms with Crippen LogP contribution in [-0.4, -0.2) is 36.8 Å². The Morgan fingerprint density at radius 1 is 0.865 bits per heavy atom. The third-order valence-electron chi connectivity index (χ3n) is 4.58. The predicted molar refractivity (Wildman–Crippen MR) is 133 cm³/mol. The van der Waals surface area contributed by atoms with Gasteiger partial charge in [0.15, 0.2) is 31.6 Å². The van der Waals surface area contributed by atoms with Crippen LogP contribution in [0.5, 0.6) is 0 Å². The summed E-state index contributed by atoms with van der Waals surface area (Å²) in [6.45, 7) is 7.67. The Morgan fingerprint density at radius 2 is 1.32 bits per heavy atom. The zero-order chi connectivity index (χ0) is 27.9. The van der Waals surface area contributed by atoms with Gasteiger partial charge in [0, 0.05) is 0 Å². The zero-order valence-electron chi connectivity index (χ0n) is 20.6. The fourth-order valence-electron chi connectivity index (χ4n) is 2.85. The van der Waals surface area contributed by atoms with Crippen molar-refractivity contribution in [1.29, 1.82) is 0 Å². The molecule has 0 bridgehead atoms. The van der Waals surface area contributed by atoms with Gasteiger partial charge in [-0.1, -0.05) is 36.4 Å². The fourth-order valence-corrected chi connectivity index (χ4v) is 5.02. The average molecular weight is 557 g/mol. The van der Waals surface area contributed by atoms with Gasteiger partial charge >= 0.3 is 11.5 Å². The molecule has 0 aliphatic carbocycles. The zero-order valence-corrected chi connectivity index (χ0v) is 22.2. The van der Waals surface area contributed by atoms with Crippen molar-refractivity contribution in [2.24, 2.45) is 0 Å². The molecule has 3 aromatic rings. The van der Waals surface area contributed by atoms with Crippen molar-refractivity contribution in [3.05, 3.63) is 90.0 Å². The van der Waals surface area contributed by atoms with Gasteiger partial charge < -0.3 is 14.0 Å². The van der Waals surface area contributed by atoms with E-state index in [-0.39, 0.29) is 29.3 Å². The molecule has 3 rings (SSSR count). The lowest BCUT2D eigenvalue weighted by Crippen LogP contribution is -2.22. The molecule has 3 aromatic carbocycles. The van der Waals surface area contributed by atoms with Crippen LogP contribution in [0, 0.1) is 6.92 Å². The van der Waals surface area contributed by atoms with E-state index in [0.29, 0.717) is 5.56 Å². The molecule has 0 aliphatic rings. The SMILES string of the molecule is Cc1cc([S+](c2ccccc2)c2ccccc2)ccc1C(=O)OCOC(C)(C)C.O=S(=O)([O-])C(F)(F)F. The number of esters is 1. The molecule has 0 atom stereocenters. The first-order valence-electron chi connectivity index (χ1n) is 10.9. The molecule has 0 spiro atoms. The van der Waals surface area contributed by atoms with Crippen LogP contribution < -0.4 is 0 Å². The lowest BCUT2D eigenvalue weighted by atomic mass is 10.1. The Labute approximate surface area is 217 Å². The smallest absolute Gasteiger partial charge is 0.485 e. The second kappa shape index (κ2) is 12.6. The molecule has 0 aromatic heterocycles. The molecule has 0 saturated carbocycles. The molecule has 0 N–H and O–H groups in total. The summed E-state index contributed by atoms with van der Waals surface area (Å²) >= 11 is 0. The first kappa shape index (κ1) is 30.4. The molecule has 37 heavy (non-hydrogen) atoms. The summed E-state index contributed by atoms with van der Waals surface area (Å²) in [7, 11) is -6.33. The van der Waals surface area contributed by atoms with Gasteiger partial charge in [0.05, 0.1) is 22.1 Å². The average Bonchev–Trinajstić information content (AvgIpc) is 2.79. The van der Waals surface area contributed by atoms with Gasteiger partial charge in [-0.15, -0.1) is 0 Å². The number of carbonyl (C=O) groups excluding carboxylic acids is 1. The van der Waals surface area contributed by atoms with Crippen LogP contribution in [0.2, 0.25) is 0 Å². The second-order valence-corrected chi connectivity index (χ2v) is 12.0. The summed E-state index contributed by atoms with van der Waals surface area (Å²) in [5.41, 5.74) is -4.53. The number of ether oxygens (including phenoxy) is 2. The Balaban J connectivity index is 0.000000521. The van der Waals surface area contributed by atoms with E-state index in [9.17, 15) is 18.0 Å². The minimum absolute atomic E-state index is 0.0536. The second-order valence-electron chi connectivity index (χ2n) is 8.62. The van der Waals surface area contributed by atoms with E-state index in [1.54, 1.807) is 0 Å². The molecule has 6 nitrogen and oxygen atoms in total. The summed E-state index contributed by atoms with van der Waals surface area (Å²) in [4.78, 5) is 16.1. The van der Waals surface area contributed by atoms with Crippen LogP contribution in [0.15, 0.2) is 93.5 Å². The maximum atomic E-state index is 12.5. The highest BCUT2D eigenvalue weighted by atomic mass is 32.2. The molecule has 0 radical (unpaired) electrons. The largest absolute Gasteiger partial charge is 0.741 e. The van der Waals surface area contributed by atoms with Crippen molar-refractivity contribution in [3.63, 3.8) is 0 Å². The van der Waals surface area contributed by atoms with Crippen molar-refractivity contribution in [3.8, 4) is 0 Å². The topological polar surface area (TPSA) is 92.7 Å². The lowest BCUT2D eigenvalue weighted by molar-refractivity contribution is -0.0965. The van der Waals surface area contributed by atoms with Gasteiger partial charge in [-0.2, -0.15) is 13.2 Å². The number of aryl methyl sites for hydroxylation is 1. The molecule has 0 unspecified atom stereocenters.